The van der Waals surface area contributed by atoms with Crippen molar-refractivity contribution in [2.45, 2.75) is 26.1 Å². The van der Waals surface area contributed by atoms with E-state index >= 15 is 0 Å². The van der Waals surface area contributed by atoms with Crippen LogP contribution in [0.4, 0.5) is 23.2 Å². The SMILES string of the molecule is Cc1ccc(NC(=O)C(C)N2C[C@@H](C(F)(F)F)[C@H](C(=O)O)C2)cc1F. The minimum atomic E-state index is -4.66. The average molecular weight is 362 g/mol. The topological polar surface area (TPSA) is 69.6 Å². The molecule has 0 aromatic heterocycles. The molecule has 0 radical (unpaired) electrons. The number of hydrogen-bond acceptors (Lipinski definition) is 3. The van der Waals surface area contributed by atoms with Crippen LogP contribution < -0.4 is 5.32 Å². The zero-order valence-electron chi connectivity index (χ0n) is 13.6. The summed E-state index contributed by atoms with van der Waals surface area (Å²) in [5.74, 6) is -6.34. The van der Waals surface area contributed by atoms with Gasteiger partial charge in [0.05, 0.1) is 17.9 Å². The number of halogens is 4. The van der Waals surface area contributed by atoms with Gasteiger partial charge in [-0.25, -0.2) is 4.39 Å². The summed E-state index contributed by atoms with van der Waals surface area (Å²) in [6.45, 7) is 1.99. The van der Waals surface area contributed by atoms with E-state index in [1.165, 1.54) is 24.0 Å². The molecule has 1 aromatic rings. The number of alkyl halides is 3. The van der Waals surface area contributed by atoms with Crippen LogP contribution in [0, 0.1) is 24.6 Å². The van der Waals surface area contributed by atoms with Crippen molar-refractivity contribution >= 4 is 17.6 Å². The molecule has 1 aromatic carbocycles. The maximum atomic E-state index is 13.5. The first-order valence-corrected chi connectivity index (χ1v) is 7.61. The van der Waals surface area contributed by atoms with Crippen LogP contribution in [0.5, 0.6) is 0 Å². The molecule has 9 heteroatoms. The van der Waals surface area contributed by atoms with Crippen molar-refractivity contribution in [2.24, 2.45) is 11.8 Å². The van der Waals surface area contributed by atoms with Crippen LogP contribution in [0.15, 0.2) is 18.2 Å². The first-order valence-electron chi connectivity index (χ1n) is 7.61. The first kappa shape index (κ1) is 19.2. The lowest BCUT2D eigenvalue weighted by Crippen LogP contribution is -2.41. The number of benzene rings is 1. The predicted octanol–water partition coefficient (Wildman–Crippen LogP) is 2.66. The van der Waals surface area contributed by atoms with Crippen molar-refractivity contribution < 1.29 is 32.3 Å². The zero-order valence-corrected chi connectivity index (χ0v) is 13.6. The highest BCUT2D eigenvalue weighted by Gasteiger charge is 2.53. The summed E-state index contributed by atoms with van der Waals surface area (Å²) in [5.41, 5.74) is 0.573. The third kappa shape index (κ3) is 4.28. The van der Waals surface area contributed by atoms with E-state index < -0.39 is 48.3 Å². The second-order valence-electron chi connectivity index (χ2n) is 6.18. The van der Waals surface area contributed by atoms with Crippen molar-refractivity contribution in [3.63, 3.8) is 0 Å². The van der Waals surface area contributed by atoms with E-state index in [0.717, 1.165) is 6.07 Å². The normalized spacial score (nSPS) is 22.6. The van der Waals surface area contributed by atoms with E-state index in [-0.39, 0.29) is 12.2 Å². The summed E-state index contributed by atoms with van der Waals surface area (Å²) >= 11 is 0. The van der Waals surface area contributed by atoms with Gasteiger partial charge in [0.1, 0.15) is 5.82 Å². The van der Waals surface area contributed by atoms with Crippen LogP contribution in [0.2, 0.25) is 0 Å². The number of carbonyl (C=O) groups excluding carboxylic acids is 1. The summed E-state index contributed by atoms with van der Waals surface area (Å²) in [7, 11) is 0. The second kappa shape index (κ2) is 6.99. The summed E-state index contributed by atoms with van der Waals surface area (Å²) < 4.78 is 52.5. The highest BCUT2D eigenvalue weighted by Crippen LogP contribution is 2.38. The summed E-state index contributed by atoms with van der Waals surface area (Å²) in [6.07, 6.45) is -4.66. The number of carboxylic acids is 1. The molecule has 3 atom stereocenters. The summed E-state index contributed by atoms with van der Waals surface area (Å²) in [6, 6.07) is 3.07. The number of hydrogen-bond donors (Lipinski definition) is 2. The fourth-order valence-electron chi connectivity index (χ4n) is 2.82. The largest absolute Gasteiger partial charge is 0.481 e. The predicted molar refractivity (Wildman–Crippen MR) is 81.5 cm³/mol. The number of anilines is 1. The Kier molecular flexibility index (Phi) is 5.36. The zero-order chi connectivity index (χ0) is 18.9. The molecule has 0 spiro atoms. The van der Waals surface area contributed by atoms with E-state index in [0.29, 0.717) is 5.56 Å². The molecule has 1 aliphatic heterocycles. The number of aliphatic carboxylic acids is 1. The van der Waals surface area contributed by atoms with Crippen molar-refractivity contribution in [3.05, 3.63) is 29.6 Å². The molecule has 138 valence electrons. The smallest absolute Gasteiger partial charge is 0.393 e. The molecule has 1 fully saturated rings. The number of rotatable bonds is 4. The molecular weight excluding hydrogens is 344 g/mol. The number of amides is 1. The van der Waals surface area contributed by atoms with E-state index in [1.807, 2.05) is 0 Å². The van der Waals surface area contributed by atoms with Gasteiger partial charge in [0.15, 0.2) is 0 Å². The standard InChI is InChI=1S/C16H18F4N2O3/c1-8-3-4-10(5-13(8)17)21-14(23)9(2)22-6-11(15(24)25)12(7-22)16(18,19)20/h3-5,9,11-12H,6-7H2,1-2H3,(H,21,23)(H,24,25)/t9?,11-,12-/m1/s1. The van der Waals surface area contributed by atoms with Gasteiger partial charge in [-0.1, -0.05) is 6.07 Å². The summed E-state index contributed by atoms with van der Waals surface area (Å²) in [5, 5.41) is 11.4. The Morgan fingerprint density at radius 2 is 1.96 bits per heavy atom. The van der Waals surface area contributed by atoms with Crippen molar-refractivity contribution in [1.82, 2.24) is 4.90 Å². The molecule has 1 heterocycles. The third-order valence-electron chi connectivity index (χ3n) is 4.45. The molecule has 5 nitrogen and oxygen atoms in total. The quantitative estimate of drug-likeness (QED) is 0.808. The first-order chi connectivity index (χ1) is 11.5. The lowest BCUT2D eigenvalue weighted by Gasteiger charge is -2.23. The van der Waals surface area contributed by atoms with Crippen molar-refractivity contribution in [3.8, 4) is 0 Å². The second-order valence-corrected chi connectivity index (χ2v) is 6.18. The molecule has 2 N–H and O–H groups in total. The van der Waals surface area contributed by atoms with E-state index in [4.69, 9.17) is 5.11 Å². The van der Waals surface area contributed by atoms with Crippen LogP contribution in [-0.4, -0.2) is 47.2 Å². The lowest BCUT2D eigenvalue weighted by atomic mass is 9.96. The highest BCUT2D eigenvalue weighted by atomic mass is 19.4. The molecule has 0 aliphatic carbocycles. The van der Waals surface area contributed by atoms with Crippen LogP contribution >= 0.6 is 0 Å². The lowest BCUT2D eigenvalue weighted by molar-refractivity contribution is -0.188. The molecule has 1 saturated heterocycles. The number of carboxylic acid groups (broad SMARTS) is 1. The van der Waals surface area contributed by atoms with E-state index in [2.05, 4.69) is 5.32 Å². The fourth-order valence-corrected chi connectivity index (χ4v) is 2.82. The van der Waals surface area contributed by atoms with Crippen LogP contribution in [0.3, 0.4) is 0 Å². The Hall–Kier alpha value is -2.16. The van der Waals surface area contributed by atoms with Gasteiger partial charge in [-0.3, -0.25) is 14.5 Å². The van der Waals surface area contributed by atoms with Crippen LogP contribution in [0.1, 0.15) is 12.5 Å². The van der Waals surface area contributed by atoms with Gasteiger partial charge in [0.2, 0.25) is 5.91 Å². The molecule has 0 bridgehead atoms. The molecule has 2 rings (SSSR count). The Labute approximate surface area is 141 Å². The number of nitrogens with one attached hydrogen (secondary N) is 1. The van der Waals surface area contributed by atoms with Gasteiger partial charge < -0.3 is 10.4 Å². The van der Waals surface area contributed by atoms with Crippen molar-refractivity contribution in [1.29, 1.82) is 0 Å². The van der Waals surface area contributed by atoms with Gasteiger partial charge in [0, 0.05) is 18.8 Å². The Morgan fingerprint density at radius 3 is 2.44 bits per heavy atom. The average Bonchev–Trinajstić information content (AvgIpc) is 2.96. The third-order valence-corrected chi connectivity index (χ3v) is 4.45. The maximum Gasteiger partial charge on any atom is 0.393 e. The molecule has 1 amide bonds. The van der Waals surface area contributed by atoms with Gasteiger partial charge >= 0.3 is 12.1 Å². The van der Waals surface area contributed by atoms with Gasteiger partial charge in [-0.15, -0.1) is 0 Å². The molecule has 1 aliphatic rings. The Balaban J connectivity index is 2.09. The number of likely N-dealkylation sites (tertiary alicyclic amines) is 1. The molecule has 0 saturated carbocycles. The van der Waals surface area contributed by atoms with Gasteiger partial charge in [-0.2, -0.15) is 13.2 Å². The number of nitrogens with zero attached hydrogens (tertiary/aromatic N) is 1. The summed E-state index contributed by atoms with van der Waals surface area (Å²) in [4.78, 5) is 24.5. The maximum absolute atomic E-state index is 13.5. The molecule has 1 unspecified atom stereocenters. The van der Waals surface area contributed by atoms with E-state index in [9.17, 15) is 27.2 Å². The Morgan fingerprint density at radius 1 is 1.32 bits per heavy atom. The van der Waals surface area contributed by atoms with E-state index in [1.54, 1.807) is 6.92 Å². The highest BCUT2D eigenvalue weighted by molar-refractivity contribution is 5.94. The number of aryl methyl sites for hydroxylation is 1. The minimum Gasteiger partial charge on any atom is -0.481 e. The van der Waals surface area contributed by atoms with Crippen LogP contribution in [-0.2, 0) is 9.59 Å². The fraction of sp³-hybridized carbons (Fsp3) is 0.500. The van der Waals surface area contributed by atoms with Crippen molar-refractivity contribution in [2.75, 3.05) is 18.4 Å². The molecule has 25 heavy (non-hydrogen) atoms. The minimum absolute atomic E-state index is 0.182. The Bertz CT molecular complexity index is 678. The monoisotopic (exact) mass is 362 g/mol. The van der Waals surface area contributed by atoms with Gasteiger partial charge in [0.25, 0.3) is 0 Å². The van der Waals surface area contributed by atoms with Gasteiger partial charge in [-0.05, 0) is 31.5 Å². The molecular formula is C16H18F4N2O3. The van der Waals surface area contributed by atoms with Crippen LogP contribution in [0.25, 0.3) is 0 Å². The number of carbonyl (C=O) groups is 2.